The summed E-state index contributed by atoms with van der Waals surface area (Å²) in [7, 11) is 0. The lowest BCUT2D eigenvalue weighted by Gasteiger charge is -2.09. The summed E-state index contributed by atoms with van der Waals surface area (Å²) in [6.07, 6.45) is 0.542. The number of nitrogens with zero attached hydrogens (tertiary/aromatic N) is 2. The van der Waals surface area contributed by atoms with Crippen molar-refractivity contribution in [2.45, 2.75) is 30.7 Å². The van der Waals surface area contributed by atoms with Gasteiger partial charge >= 0.3 is 0 Å². The van der Waals surface area contributed by atoms with E-state index in [0.29, 0.717) is 56.1 Å². The molecule has 0 radical (unpaired) electrons. The highest BCUT2D eigenvalue weighted by Gasteiger charge is 2.16. The molecule has 5 nitrogen and oxygen atoms in total. The van der Waals surface area contributed by atoms with E-state index in [-0.39, 0.29) is 17.8 Å². The van der Waals surface area contributed by atoms with Crippen LogP contribution in [0.4, 0.5) is 13.2 Å². The van der Waals surface area contributed by atoms with Crippen molar-refractivity contribution in [3.05, 3.63) is 97.8 Å². The number of aromatic amines is 2. The Balaban J connectivity index is 1.56. The Morgan fingerprint density at radius 1 is 1.00 bits per heavy atom. The molecule has 170 valence electrons. The molecule has 4 aromatic rings. The number of thioether (sulfide) groups is 1. The van der Waals surface area contributed by atoms with Gasteiger partial charge in [-0.2, -0.15) is 5.10 Å². The van der Waals surface area contributed by atoms with Gasteiger partial charge in [-0.25, -0.2) is 18.2 Å². The summed E-state index contributed by atoms with van der Waals surface area (Å²) in [6, 6.07) is 9.08. The van der Waals surface area contributed by atoms with Crippen LogP contribution in [0.3, 0.4) is 0 Å². The van der Waals surface area contributed by atoms with Crippen LogP contribution in [0.25, 0.3) is 11.3 Å². The monoisotopic (exact) mass is 490 g/mol. The van der Waals surface area contributed by atoms with Gasteiger partial charge in [0.25, 0.3) is 5.56 Å². The van der Waals surface area contributed by atoms with Crippen LogP contribution in [0.5, 0.6) is 0 Å². The van der Waals surface area contributed by atoms with E-state index in [1.807, 2.05) is 6.92 Å². The second-order valence-electron chi connectivity index (χ2n) is 7.26. The first-order valence-electron chi connectivity index (χ1n) is 10.0. The van der Waals surface area contributed by atoms with E-state index in [1.54, 1.807) is 12.1 Å². The van der Waals surface area contributed by atoms with Gasteiger partial charge in [0.15, 0.2) is 5.16 Å². The standard InChI is InChI=1S/C23H18ClF3N4OS/c1-2-17-18(9-12-7-15(26)10-16(27)8-12)28-23(29-22(17)32)33-11-19-20(24)21(31-30-19)13-3-5-14(25)6-4-13/h3-8,10H,2,9,11H2,1H3,(H,30,31)(H,28,29,32). The molecule has 10 heteroatoms. The van der Waals surface area contributed by atoms with Gasteiger partial charge in [-0.05, 0) is 48.4 Å². The highest BCUT2D eigenvalue weighted by atomic mass is 35.5. The molecule has 2 N–H and O–H groups in total. The van der Waals surface area contributed by atoms with E-state index in [0.717, 1.165) is 6.07 Å². The number of rotatable bonds is 7. The van der Waals surface area contributed by atoms with Gasteiger partial charge in [-0.15, -0.1) is 0 Å². The molecule has 0 bridgehead atoms. The van der Waals surface area contributed by atoms with Crippen molar-refractivity contribution in [3.63, 3.8) is 0 Å². The van der Waals surface area contributed by atoms with Crippen molar-refractivity contribution < 1.29 is 13.2 Å². The molecule has 2 heterocycles. The Hall–Kier alpha value is -3.04. The van der Waals surface area contributed by atoms with Gasteiger partial charge < -0.3 is 4.98 Å². The van der Waals surface area contributed by atoms with E-state index >= 15 is 0 Å². The summed E-state index contributed by atoms with van der Waals surface area (Å²) in [5, 5.41) is 7.80. The van der Waals surface area contributed by atoms with Gasteiger partial charge in [0.2, 0.25) is 0 Å². The molecule has 0 spiro atoms. The number of aromatic nitrogens is 4. The Kier molecular flexibility index (Phi) is 6.90. The van der Waals surface area contributed by atoms with E-state index < -0.39 is 11.6 Å². The van der Waals surface area contributed by atoms with E-state index in [1.165, 1.54) is 36.0 Å². The number of H-pyrrole nitrogens is 2. The molecule has 0 unspecified atom stereocenters. The highest BCUT2D eigenvalue weighted by molar-refractivity contribution is 7.98. The molecule has 0 amide bonds. The third-order valence-electron chi connectivity index (χ3n) is 4.98. The summed E-state index contributed by atoms with van der Waals surface area (Å²) in [5.41, 5.74) is 2.78. The van der Waals surface area contributed by atoms with Crippen molar-refractivity contribution in [2.24, 2.45) is 0 Å². The predicted octanol–water partition coefficient (Wildman–Crippen LogP) is 5.68. The van der Waals surface area contributed by atoms with Crippen molar-refractivity contribution in [2.75, 3.05) is 0 Å². The zero-order valence-corrected chi connectivity index (χ0v) is 19.0. The van der Waals surface area contributed by atoms with E-state index in [2.05, 4.69) is 20.2 Å². The average Bonchev–Trinajstić information content (AvgIpc) is 3.12. The van der Waals surface area contributed by atoms with E-state index in [4.69, 9.17) is 11.6 Å². The molecular weight excluding hydrogens is 473 g/mol. The first-order chi connectivity index (χ1) is 15.8. The molecule has 0 fully saturated rings. The maximum atomic E-state index is 13.6. The van der Waals surface area contributed by atoms with Crippen LogP contribution in [-0.2, 0) is 18.6 Å². The molecule has 33 heavy (non-hydrogen) atoms. The summed E-state index contributed by atoms with van der Waals surface area (Å²) in [5.74, 6) is -1.42. The first kappa shape index (κ1) is 23.1. The van der Waals surface area contributed by atoms with Crippen LogP contribution >= 0.6 is 23.4 Å². The lowest BCUT2D eigenvalue weighted by atomic mass is 10.0. The zero-order chi connectivity index (χ0) is 23.5. The minimum atomic E-state index is -0.687. The molecule has 4 rings (SSSR count). The van der Waals surface area contributed by atoms with Crippen LogP contribution in [0.1, 0.15) is 29.4 Å². The largest absolute Gasteiger partial charge is 0.301 e. The van der Waals surface area contributed by atoms with Crippen molar-refractivity contribution >= 4 is 23.4 Å². The SMILES string of the molecule is CCc1c(Cc2cc(F)cc(F)c2)nc(SCc2n[nH]c(-c3ccc(F)cc3)c2Cl)[nH]c1=O. The molecule has 2 aromatic carbocycles. The molecule has 0 aliphatic carbocycles. The highest BCUT2D eigenvalue weighted by Crippen LogP contribution is 2.31. The lowest BCUT2D eigenvalue weighted by Crippen LogP contribution is -2.18. The maximum Gasteiger partial charge on any atom is 0.254 e. The molecule has 0 aliphatic heterocycles. The van der Waals surface area contributed by atoms with Crippen LogP contribution < -0.4 is 5.56 Å². The minimum absolute atomic E-state index is 0.118. The van der Waals surface area contributed by atoms with Gasteiger partial charge in [-0.1, -0.05) is 30.3 Å². The van der Waals surface area contributed by atoms with Crippen LogP contribution in [0.2, 0.25) is 5.02 Å². The van der Waals surface area contributed by atoms with Gasteiger partial charge in [0, 0.05) is 29.4 Å². The Morgan fingerprint density at radius 3 is 2.36 bits per heavy atom. The third-order valence-corrected chi connectivity index (χ3v) is 6.27. The second kappa shape index (κ2) is 9.84. The number of halogens is 4. The zero-order valence-electron chi connectivity index (χ0n) is 17.4. The normalized spacial score (nSPS) is 11.2. The molecule has 0 saturated carbocycles. The number of hydrogen-bond acceptors (Lipinski definition) is 4. The second-order valence-corrected chi connectivity index (χ2v) is 8.60. The van der Waals surface area contributed by atoms with Gasteiger partial charge in [0.1, 0.15) is 17.5 Å². The Bertz CT molecular complexity index is 1330. The topological polar surface area (TPSA) is 74.4 Å². The average molecular weight is 491 g/mol. The summed E-state index contributed by atoms with van der Waals surface area (Å²) >= 11 is 7.67. The summed E-state index contributed by atoms with van der Waals surface area (Å²) < 4.78 is 40.4. The van der Waals surface area contributed by atoms with Crippen LogP contribution in [-0.4, -0.2) is 20.2 Å². The molecule has 0 atom stereocenters. The lowest BCUT2D eigenvalue weighted by molar-refractivity contribution is 0.580. The van der Waals surface area contributed by atoms with Crippen molar-refractivity contribution in [3.8, 4) is 11.3 Å². The molecule has 0 saturated heterocycles. The Morgan fingerprint density at radius 2 is 1.70 bits per heavy atom. The van der Waals surface area contributed by atoms with Crippen LogP contribution in [0, 0.1) is 17.5 Å². The fraction of sp³-hybridized carbons (Fsp3) is 0.174. The summed E-state index contributed by atoms with van der Waals surface area (Å²) in [6.45, 7) is 1.81. The third kappa shape index (κ3) is 5.31. The van der Waals surface area contributed by atoms with Crippen LogP contribution in [0.15, 0.2) is 52.4 Å². The molecule has 0 aliphatic rings. The first-order valence-corrected chi connectivity index (χ1v) is 11.4. The van der Waals surface area contributed by atoms with Crippen molar-refractivity contribution in [1.29, 1.82) is 0 Å². The number of benzene rings is 2. The summed E-state index contributed by atoms with van der Waals surface area (Å²) in [4.78, 5) is 19.8. The fourth-order valence-corrected chi connectivity index (χ4v) is 4.57. The Labute approximate surface area is 196 Å². The fourth-order valence-electron chi connectivity index (χ4n) is 3.41. The minimum Gasteiger partial charge on any atom is -0.301 e. The molecular formula is C23H18ClF3N4OS. The molecule has 2 aromatic heterocycles. The quantitative estimate of drug-likeness (QED) is 0.258. The number of nitrogens with one attached hydrogen (secondary N) is 2. The smallest absolute Gasteiger partial charge is 0.254 e. The van der Waals surface area contributed by atoms with E-state index in [9.17, 15) is 18.0 Å². The number of hydrogen-bond donors (Lipinski definition) is 2. The van der Waals surface area contributed by atoms with Gasteiger partial charge in [-0.3, -0.25) is 9.89 Å². The van der Waals surface area contributed by atoms with Crippen molar-refractivity contribution in [1.82, 2.24) is 20.2 Å². The van der Waals surface area contributed by atoms with Gasteiger partial charge in [0.05, 0.1) is 22.1 Å². The maximum absolute atomic E-state index is 13.6. The predicted molar refractivity (Wildman–Crippen MR) is 122 cm³/mol.